The molecule has 0 aliphatic rings. The maximum absolute atomic E-state index is 10.9. The van der Waals surface area contributed by atoms with Crippen LogP contribution in [-0.4, -0.2) is 25.9 Å². The molecule has 0 aromatic heterocycles. The Morgan fingerprint density at radius 1 is 1.35 bits per heavy atom. The maximum Gasteiger partial charge on any atom is 0.305 e. The standard InChI is InChI=1S/C13H19NO2S/c1-14-10-11-5-7-12(8-6-11)17-9-3-4-13(15)16-2/h5-8,14H,3-4,9-10H2,1-2H3. The SMILES string of the molecule is CNCc1ccc(SCCCC(=O)OC)cc1. The third-order valence-corrected chi connectivity index (χ3v) is 3.42. The van der Waals surface area contributed by atoms with E-state index in [1.807, 2.05) is 7.05 Å². The zero-order chi connectivity index (χ0) is 12.5. The number of esters is 1. The Bertz CT molecular complexity index is 338. The summed E-state index contributed by atoms with van der Waals surface area (Å²) in [5, 5.41) is 3.12. The molecule has 0 spiro atoms. The van der Waals surface area contributed by atoms with Crippen LogP contribution in [-0.2, 0) is 16.1 Å². The fourth-order valence-corrected chi connectivity index (χ4v) is 2.27. The highest BCUT2D eigenvalue weighted by Gasteiger charge is 2.00. The van der Waals surface area contributed by atoms with E-state index >= 15 is 0 Å². The molecule has 0 amide bonds. The highest BCUT2D eigenvalue weighted by Crippen LogP contribution is 2.19. The minimum absolute atomic E-state index is 0.130. The number of hydrogen-bond donors (Lipinski definition) is 1. The van der Waals surface area contributed by atoms with Gasteiger partial charge in [0.05, 0.1) is 7.11 Å². The Balaban J connectivity index is 2.25. The summed E-state index contributed by atoms with van der Waals surface area (Å²) in [6, 6.07) is 8.49. The summed E-state index contributed by atoms with van der Waals surface area (Å²) in [4.78, 5) is 12.1. The molecule has 1 aromatic rings. The number of ether oxygens (including phenoxy) is 1. The molecule has 0 saturated heterocycles. The summed E-state index contributed by atoms with van der Waals surface area (Å²) in [5.74, 6) is 0.815. The Labute approximate surface area is 107 Å². The highest BCUT2D eigenvalue weighted by molar-refractivity contribution is 7.99. The van der Waals surface area contributed by atoms with Gasteiger partial charge in [0.2, 0.25) is 0 Å². The van der Waals surface area contributed by atoms with Crippen LogP contribution in [0.3, 0.4) is 0 Å². The quantitative estimate of drug-likeness (QED) is 0.460. The van der Waals surface area contributed by atoms with Crippen molar-refractivity contribution in [2.24, 2.45) is 0 Å². The predicted molar refractivity (Wildman–Crippen MR) is 71.2 cm³/mol. The van der Waals surface area contributed by atoms with Gasteiger partial charge in [-0.05, 0) is 36.9 Å². The van der Waals surface area contributed by atoms with Gasteiger partial charge >= 0.3 is 5.97 Å². The van der Waals surface area contributed by atoms with Crippen LogP contribution < -0.4 is 5.32 Å². The first kappa shape index (κ1) is 14.1. The number of carbonyl (C=O) groups excluding carboxylic acids is 1. The van der Waals surface area contributed by atoms with Crippen molar-refractivity contribution in [1.82, 2.24) is 5.32 Å². The Kier molecular flexibility index (Phi) is 6.74. The first-order chi connectivity index (χ1) is 8.26. The molecule has 0 unspecified atom stereocenters. The normalized spacial score (nSPS) is 10.2. The van der Waals surface area contributed by atoms with Crippen molar-refractivity contribution in [3.05, 3.63) is 29.8 Å². The summed E-state index contributed by atoms with van der Waals surface area (Å²) in [7, 11) is 3.37. The van der Waals surface area contributed by atoms with Gasteiger partial charge in [-0.15, -0.1) is 11.8 Å². The molecule has 17 heavy (non-hydrogen) atoms. The van der Waals surface area contributed by atoms with Crippen LogP contribution in [0.2, 0.25) is 0 Å². The number of rotatable bonds is 7. The fraction of sp³-hybridized carbons (Fsp3) is 0.462. The van der Waals surface area contributed by atoms with Gasteiger partial charge in [0.15, 0.2) is 0 Å². The summed E-state index contributed by atoms with van der Waals surface area (Å²) in [6.07, 6.45) is 1.36. The molecule has 0 radical (unpaired) electrons. The first-order valence-corrected chi connectivity index (χ1v) is 6.68. The molecule has 1 N–H and O–H groups in total. The zero-order valence-corrected chi connectivity index (χ0v) is 11.2. The third-order valence-electron chi connectivity index (χ3n) is 2.33. The van der Waals surface area contributed by atoms with Crippen molar-refractivity contribution in [3.8, 4) is 0 Å². The van der Waals surface area contributed by atoms with Crippen LogP contribution in [0.4, 0.5) is 0 Å². The number of hydrogen-bond acceptors (Lipinski definition) is 4. The van der Waals surface area contributed by atoms with Gasteiger partial charge in [-0.3, -0.25) is 4.79 Å². The molecule has 0 aliphatic carbocycles. The van der Waals surface area contributed by atoms with E-state index in [0.717, 1.165) is 18.7 Å². The summed E-state index contributed by atoms with van der Waals surface area (Å²) in [5.41, 5.74) is 1.28. The predicted octanol–water partition coefficient (Wildman–Crippen LogP) is 2.45. The average Bonchev–Trinajstić information content (AvgIpc) is 2.36. The number of benzene rings is 1. The molecule has 1 rings (SSSR count). The lowest BCUT2D eigenvalue weighted by molar-refractivity contribution is -0.140. The molecule has 0 aliphatic heterocycles. The van der Waals surface area contributed by atoms with Gasteiger partial charge in [-0.1, -0.05) is 12.1 Å². The van der Waals surface area contributed by atoms with Crippen LogP contribution in [0.1, 0.15) is 18.4 Å². The molecule has 4 heteroatoms. The molecule has 94 valence electrons. The lowest BCUT2D eigenvalue weighted by Gasteiger charge is -2.03. The second-order valence-electron chi connectivity index (χ2n) is 3.70. The maximum atomic E-state index is 10.9. The number of carbonyl (C=O) groups is 1. The Morgan fingerprint density at radius 2 is 2.06 bits per heavy atom. The van der Waals surface area contributed by atoms with Crippen molar-refractivity contribution in [2.75, 3.05) is 19.9 Å². The fourth-order valence-electron chi connectivity index (χ4n) is 1.42. The van der Waals surface area contributed by atoms with Crippen molar-refractivity contribution < 1.29 is 9.53 Å². The van der Waals surface area contributed by atoms with E-state index < -0.39 is 0 Å². The molecular weight excluding hydrogens is 234 g/mol. The number of nitrogens with one attached hydrogen (secondary N) is 1. The zero-order valence-electron chi connectivity index (χ0n) is 10.4. The minimum Gasteiger partial charge on any atom is -0.469 e. The van der Waals surface area contributed by atoms with E-state index in [-0.39, 0.29) is 5.97 Å². The molecule has 3 nitrogen and oxygen atoms in total. The van der Waals surface area contributed by atoms with Gasteiger partial charge in [0.1, 0.15) is 0 Å². The molecule has 1 aromatic carbocycles. The molecule has 0 saturated carbocycles. The van der Waals surface area contributed by atoms with E-state index in [0.29, 0.717) is 6.42 Å². The average molecular weight is 253 g/mol. The van der Waals surface area contributed by atoms with E-state index in [2.05, 4.69) is 34.3 Å². The van der Waals surface area contributed by atoms with E-state index in [1.54, 1.807) is 11.8 Å². The molecular formula is C13H19NO2S. The highest BCUT2D eigenvalue weighted by atomic mass is 32.2. The van der Waals surface area contributed by atoms with Gasteiger partial charge in [-0.25, -0.2) is 0 Å². The van der Waals surface area contributed by atoms with Crippen molar-refractivity contribution in [3.63, 3.8) is 0 Å². The van der Waals surface area contributed by atoms with Crippen LogP contribution in [0.15, 0.2) is 29.2 Å². The topological polar surface area (TPSA) is 38.3 Å². The third kappa shape index (κ3) is 5.75. The van der Waals surface area contributed by atoms with Gasteiger partial charge in [-0.2, -0.15) is 0 Å². The Morgan fingerprint density at radius 3 is 2.65 bits per heavy atom. The largest absolute Gasteiger partial charge is 0.469 e. The number of methoxy groups -OCH3 is 1. The van der Waals surface area contributed by atoms with E-state index in [9.17, 15) is 4.79 Å². The summed E-state index contributed by atoms with van der Waals surface area (Å²) < 4.78 is 4.59. The molecule has 0 atom stereocenters. The Hall–Kier alpha value is -1.00. The smallest absolute Gasteiger partial charge is 0.305 e. The van der Waals surface area contributed by atoms with Gasteiger partial charge < -0.3 is 10.1 Å². The summed E-state index contributed by atoms with van der Waals surface area (Å²) in [6.45, 7) is 0.896. The number of thioether (sulfide) groups is 1. The van der Waals surface area contributed by atoms with Crippen molar-refractivity contribution in [2.45, 2.75) is 24.3 Å². The first-order valence-electron chi connectivity index (χ1n) is 5.69. The van der Waals surface area contributed by atoms with Crippen LogP contribution in [0, 0.1) is 0 Å². The van der Waals surface area contributed by atoms with Crippen LogP contribution in [0.5, 0.6) is 0 Å². The van der Waals surface area contributed by atoms with Gasteiger partial charge in [0, 0.05) is 17.9 Å². The van der Waals surface area contributed by atoms with Gasteiger partial charge in [0.25, 0.3) is 0 Å². The summed E-state index contributed by atoms with van der Waals surface area (Å²) >= 11 is 1.77. The second-order valence-corrected chi connectivity index (χ2v) is 4.87. The van der Waals surface area contributed by atoms with E-state index in [1.165, 1.54) is 17.6 Å². The monoisotopic (exact) mass is 253 g/mol. The second kappa shape index (κ2) is 8.14. The molecule has 0 fully saturated rings. The minimum atomic E-state index is -0.130. The van der Waals surface area contributed by atoms with Crippen LogP contribution in [0.25, 0.3) is 0 Å². The van der Waals surface area contributed by atoms with Crippen molar-refractivity contribution in [1.29, 1.82) is 0 Å². The van der Waals surface area contributed by atoms with Crippen molar-refractivity contribution >= 4 is 17.7 Å². The van der Waals surface area contributed by atoms with E-state index in [4.69, 9.17) is 0 Å². The lowest BCUT2D eigenvalue weighted by Crippen LogP contribution is -2.04. The molecule has 0 bridgehead atoms. The van der Waals surface area contributed by atoms with Crippen LogP contribution >= 0.6 is 11.8 Å². The molecule has 0 heterocycles. The lowest BCUT2D eigenvalue weighted by atomic mass is 10.2.